The van der Waals surface area contributed by atoms with E-state index in [4.69, 9.17) is 0 Å². The van der Waals surface area contributed by atoms with Crippen molar-refractivity contribution in [1.82, 2.24) is 5.32 Å². The molecule has 1 aliphatic rings. The molecule has 0 saturated heterocycles. The van der Waals surface area contributed by atoms with Crippen LogP contribution in [0.1, 0.15) is 25.7 Å². The summed E-state index contributed by atoms with van der Waals surface area (Å²) in [5.74, 6) is 0. The average Bonchev–Trinajstić information content (AvgIpc) is 2.06. The zero-order valence-electron chi connectivity index (χ0n) is 7.02. The van der Waals surface area contributed by atoms with Crippen LogP contribution in [0.4, 0.5) is 0 Å². The molecule has 0 spiro atoms. The molecule has 62 valence electrons. The van der Waals surface area contributed by atoms with E-state index in [1.54, 1.807) is 11.8 Å². The normalized spacial score (nSPS) is 18.3. The first-order chi connectivity index (χ1) is 5.38. The summed E-state index contributed by atoms with van der Waals surface area (Å²) in [4.78, 5) is 1.48. The quantitative estimate of drug-likeness (QED) is 0.697. The lowest BCUT2D eigenvalue weighted by Gasteiger charge is -2.18. The highest BCUT2D eigenvalue weighted by atomic mass is 32.2. The number of hydrogen-bond acceptors (Lipinski definition) is 2. The highest BCUT2D eigenvalue weighted by Gasteiger charge is 2.09. The molecule has 1 rings (SSSR count). The Bertz CT molecular complexity index is 172. The lowest BCUT2D eigenvalue weighted by molar-refractivity contribution is 0.660. The molecule has 0 aromatic carbocycles. The summed E-state index contributed by atoms with van der Waals surface area (Å²) in [6.07, 6.45) is 5.11. The maximum absolute atomic E-state index is 3.72. The lowest BCUT2D eigenvalue weighted by atomic mass is 10.0. The first-order valence-electron chi connectivity index (χ1n) is 4.06. The molecule has 0 aromatic rings. The maximum Gasteiger partial charge on any atom is 0.0204 e. The molecule has 0 radical (unpaired) electrons. The fraction of sp³-hybridized carbons (Fsp3) is 0.556. The SMILES string of the molecule is C=CSC1=C(NC)CCCC1. The minimum Gasteiger partial charge on any atom is -0.391 e. The van der Waals surface area contributed by atoms with Gasteiger partial charge in [-0.1, -0.05) is 6.58 Å². The van der Waals surface area contributed by atoms with Gasteiger partial charge in [-0.15, -0.1) is 11.8 Å². The van der Waals surface area contributed by atoms with Crippen LogP contribution in [0.15, 0.2) is 22.6 Å². The molecule has 0 bridgehead atoms. The first kappa shape index (κ1) is 8.72. The Morgan fingerprint density at radius 2 is 2.18 bits per heavy atom. The highest BCUT2D eigenvalue weighted by Crippen LogP contribution is 2.31. The van der Waals surface area contributed by atoms with Gasteiger partial charge in [0.25, 0.3) is 0 Å². The van der Waals surface area contributed by atoms with Gasteiger partial charge in [0.05, 0.1) is 0 Å². The second-order valence-electron chi connectivity index (χ2n) is 2.64. The second-order valence-corrected chi connectivity index (χ2v) is 3.71. The third kappa shape index (κ3) is 2.29. The van der Waals surface area contributed by atoms with Crippen molar-refractivity contribution in [2.75, 3.05) is 7.05 Å². The maximum atomic E-state index is 3.72. The van der Waals surface area contributed by atoms with Crippen molar-refractivity contribution in [3.63, 3.8) is 0 Å². The summed E-state index contributed by atoms with van der Waals surface area (Å²) < 4.78 is 0. The summed E-state index contributed by atoms with van der Waals surface area (Å²) >= 11 is 1.77. The molecule has 0 amide bonds. The topological polar surface area (TPSA) is 12.0 Å². The van der Waals surface area contributed by atoms with Crippen molar-refractivity contribution < 1.29 is 0 Å². The predicted molar refractivity (Wildman–Crippen MR) is 52.3 cm³/mol. The number of thioether (sulfide) groups is 1. The fourth-order valence-corrected chi connectivity index (χ4v) is 2.18. The lowest BCUT2D eigenvalue weighted by Crippen LogP contribution is -2.11. The van der Waals surface area contributed by atoms with Gasteiger partial charge in [0.1, 0.15) is 0 Å². The second kappa shape index (κ2) is 4.50. The zero-order valence-corrected chi connectivity index (χ0v) is 7.84. The smallest absolute Gasteiger partial charge is 0.0204 e. The Kier molecular flexibility index (Phi) is 3.57. The molecule has 0 aliphatic heterocycles. The van der Waals surface area contributed by atoms with Crippen LogP contribution in [0.5, 0.6) is 0 Å². The molecule has 0 fully saturated rings. The Labute approximate surface area is 72.9 Å². The summed E-state index contributed by atoms with van der Waals surface area (Å²) in [5.41, 5.74) is 1.42. The van der Waals surface area contributed by atoms with Crippen LogP contribution < -0.4 is 5.32 Å². The largest absolute Gasteiger partial charge is 0.391 e. The van der Waals surface area contributed by atoms with Crippen molar-refractivity contribution in [3.8, 4) is 0 Å². The van der Waals surface area contributed by atoms with E-state index in [-0.39, 0.29) is 0 Å². The average molecular weight is 169 g/mol. The van der Waals surface area contributed by atoms with Crippen molar-refractivity contribution in [1.29, 1.82) is 0 Å². The third-order valence-electron chi connectivity index (χ3n) is 1.94. The van der Waals surface area contributed by atoms with Gasteiger partial charge in [0.2, 0.25) is 0 Å². The van der Waals surface area contributed by atoms with E-state index in [1.807, 2.05) is 12.5 Å². The molecule has 1 aliphatic carbocycles. The summed E-state index contributed by atoms with van der Waals surface area (Å²) in [5, 5.41) is 5.16. The van der Waals surface area contributed by atoms with Gasteiger partial charge in [0, 0.05) is 17.6 Å². The number of nitrogens with one attached hydrogen (secondary N) is 1. The van der Waals surface area contributed by atoms with E-state index in [0.29, 0.717) is 0 Å². The predicted octanol–water partition coefficient (Wildman–Crippen LogP) is 2.87. The fourth-order valence-electron chi connectivity index (χ4n) is 1.37. The monoisotopic (exact) mass is 169 g/mol. The van der Waals surface area contributed by atoms with E-state index in [9.17, 15) is 0 Å². The standard InChI is InChI=1S/C9H15NS/c1-3-11-9-7-5-4-6-8(9)10-2/h3,10H,1,4-7H2,2H3. The Balaban J connectivity index is 2.64. The Hall–Kier alpha value is -0.370. The molecule has 0 aromatic heterocycles. The van der Waals surface area contributed by atoms with Crippen LogP contribution in [0.3, 0.4) is 0 Å². The number of rotatable bonds is 3. The van der Waals surface area contributed by atoms with E-state index in [0.717, 1.165) is 0 Å². The van der Waals surface area contributed by atoms with Gasteiger partial charge in [-0.2, -0.15) is 0 Å². The van der Waals surface area contributed by atoms with E-state index in [2.05, 4.69) is 11.9 Å². The van der Waals surface area contributed by atoms with Gasteiger partial charge >= 0.3 is 0 Å². The summed E-state index contributed by atoms with van der Waals surface area (Å²) in [6.45, 7) is 3.72. The van der Waals surface area contributed by atoms with Crippen LogP contribution >= 0.6 is 11.8 Å². The molecule has 0 saturated carbocycles. The molecule has 1 N–H and O–H groups in total. The molecule has 0 heterocycles. The first-order valence-corrected chi connectivity index (χ1v) is 4.93. The molecule has 0 atom stereocenters. The van der Waals surface area contributed by atoms with E-state index < -0.39 is 0 Å². The molecular weight excluding hydrogens is 154 g/mol. The van der Waals surface area contributed by atoms with E-state index in [1.165, 1.54) is 36.3 Å². The van der Waals surface area contributed by atoms with Crippen molar-refractivity contribution in [2.45, 2.75) is 25.7 Å². The molecule has 0 unspecified atom stereocenters. The Morgan fingerprint density at radius 3 is 2.82 bits per heavy atom. The van der Waals surface area contributed by atoms with Crippen molar-refractivity contribution in [3.05, 3.63) is 22.6 Å². The summed E-state index contributed by atoms with van der Waals surface area (Å²) in [7, 11) is 2.00. The van der Waals surface area contributed by atoms with Crippen LogP contribution in [-0.4, -0.2) is 7.05 Å². The molecule has 2 heteroatoms. The van der Waals surface area contributed by atoms with Crippen molar-refractivity contribution in [2.24, 2.45) is 0 Å². The number of allylic oxidation sites excluding steroid dienone is 2. The summed E-state index contributed by atoms with van der Waals surface area (Å²) in [6, 6.07) is 0. The van der Waals surface area contributed by atoms with Gasteiger partial charge in [-0.05, 0) is 31.1 Å². The number of hydrogen-bond donors (Lipinski definition) is 1. The van der Waals surface area contributed by atoms with Gasteiger partial charge in [0.15, 0.2) is 0 Å². The van der Waals surface area contributed by atoms with Crippen LogP contribution in [0, 0.1) is 0 Å². The van der Waals surface area contributed by atoms with Gasteiger partial charge in [-0.3, -0.25) is 0 Å². The minimum atomic E-state index is 1.21. The van der Waals surface area contributed by atoms with Crippen molar-refractivity contribution >= 4 is 11.8 Å². The van der Waals surface area contributed by atoms with Gasteiger partial charge in [-0.25, -0.2) is 0 Å². The minimum absolute atomic E-state index is 1.21. The third-order valence-corrected chi connectivity index (χ3v) is 2.85. The van der Waals surface area contributed by atoms with Crippen LogP contribution in [-0.2, 0) is 0 Å². The Morgan fingerprint density at radius 1 is 1.45 bits per heavy atom. The molecule has 11 heavy (non-hydrogen) atoms. The van der Waals surface area contributed by atoms with E-state index >= 15 is 0 Å². The zero-order chi connectivity index (χ0) is 8.10. The van der Waals surface area contributed by atoms with Crippen LogP contribution in [0.25, 0.3) is 0 Å². The van der Waals surface area contributed by atoms with Gasteiger partial charge < -0.3 is 5.32 Å². The molecular formula is C9H15NS. The molecule has 1 nitrogen and oxygen atoms in total. The van der Waals surface area contributed by atoms with Crippen LogP contribution in [0.2, 0.25) is 0 Å². The highest BCUT2D eigenvalue weighted by molar-refractivity contribution is 8.05.